The van der Waals surface area contributed by atoms with Gasteiger partial charge in [0, 0.05) is 75.3 Å². The lowest BCUT2D eigenvalue weighted by Crippen LogP contribution is -2.58. The molecule has 3 saturated heterocycles. The zero-order valence-electron chi connectivity index (χ0n) is 18.3. The quantitative estimate of drug-likeness (QED) is 0.827. The highest BCUT2D eigenvalue weighted by Crippen LogP contribution is 2.28. The smallest absolute Gasteiger partial charge is 0.321 e. The van der Waals surface area contributed by atoms with E-state index in [0.29, 0.717) is 18.1 Å². The van der Waals surface area contributed by atoms with Crippen LogP contribution in [0, 0.1) is 0 Å². The summed E-state index contributed by atoms with van der Waals surface area (Å²) in [5.74, 6) is 0. The van der Waals surface area contributed by atoms with Gasteiger partial charge in [0.15, 0.2) is 0 Å². The van der Waals surface area contributed by atoms with Gasteiger partial charge >= 0.3 is 6.03 Å². The molecule has 1 aromatic rings. The van der Waals surface area contributed by atoms with E-state index in [4.69, 9.17) is 0 Å². The van der Waals surface area contributed by atoms with Crippen LogP contribution >= 0.6 is 0 Å². The lowest BCUT2D eigenvalue weighted by atomic mass is 9.98. The van der Waals surface area contributed by atoms with E-state index >= 15 is 0 Å². The van der Waals surface area contributed by atoms with Crippen molar-refractivity contribution >= 4 is 17.4 Å². The topological polar surface area (TPSA) is 42.1 Å². The van der Waals surface area contributed by atoms with Gasteiger partial charge in [0.1, 0.15) is 0 Å². The summed E-state index contributed by atoms with van der Waals surface area (Å²) in [6.45, 7) is 14.3. The highest BCUT2D eigenvalue weighted by atomic mass is 16.2. The van der Waals surface area contributed by atoms with E-state index in [1.807, 2.05) is 11.0 Å². The van der Waals surface area contributed by atoms with Crippen LogP contribution in [0.15, 0.2) is 24.3 Å². The average Bonchev–Trinajstić information content (AvgIpc) is 3.19. The third-order valence-corrected chi connectivity index (χ3v) is 7.04. The van der Waals surface area contributed by atoms with Crippen molar-refractivity contribution in [2.75, 3.05) is 55.6 Å². The van der Waals surface area contributed by atoms with Gasteiger partial charge in [-0.25, -0.2) is 4.79 Å². The van der Waals surface area contributed by atoms with Crippen LogP contribution in [0.3, 0.4) is 0 Å². The van der Waals surface area contributed by atoms with Crippen LogP contribution in [0.2, 0.25) is 0 Å². The van der Waals surface area contributed by atoms with Crippen LogP contribution in [0.1, 0.15) is 40.0 Å². The lowest BCUT2D eigenvalue weighted by molar-refractivity contribution is 0.0217. The molecule has 1 unspecified atom stereocenters. The number of benzene rings is 1. The second-order valence-electron chi connectivity index (χ2n) is 9.01. The summed E-state index contributed by atoms with van der Waals surface area (Å²) in [6.07, 6.45) is 3.70. The maximum Gasteiger partial charge on any atom is 0.321 e. The van der Waals surface area contributed by atoms with Crippen molar-refractivity contribution in [1.82, 2.24) is 15.1 Å². The Balaban J connectivity index is 1.35. The molecule has 3 heterocycles. The molecule has 6 nitrogen and oxygen atoms in total. The number of anilines is 2. The number of nitrogens with one attached hydrogen (secondary N) is 1. The zero-order valence-corrected chi connectivity index (χ0v) is 18.3. The molecule has 29 heavy (non-hydrogen) atoms. The SMILES string of the molecule is CCC1CN(C2CCN(c3cccc(N4CCNC4=O)c3)CC2)CCN1C(C)C. The molecule has 0 radical (unpaired) electrons. The molecule has 160 valence electrons. The third kappa shape index (κ3) is 4.38. The van der Waals surface area contributed by atoms with Crippen molar-refractivity contribution < 1.29 is 4.79 Å². The molecule has 4 rings (SSSR count). The number of urea groups is 1. The van der Waals surface area contributed by atoms with Gasteiger partial charge in [-0.15, -0.1) is 0 Å². The van der Waals surface area contributed by atoms with E-state index in [9.17, 15) is 4.79 Å². The van der Waals surface area contributed by atoms with Crippen LogP contribution in [-0.2, 0) is 0 Å². The van der Waals surface area contributed by atoms with E-state index in [1.54, 1.807) is 0 Å². The second-order valence-corrected chi connectivity index (χ2v) is 9.01. The zero-order chi connectivity index (χ0) is 20.4. The van der Waals surface area contributed by atoms with Crippen LogP contribution in [-0.4, -0.2) is 79.8 Å². The first-order valence-corrected chi connectivity index (χ1v) is 11.5. The Bertz CT molecular complexity index is 700. The average molecular weight is 400 g/mol. The minimum atomic E-state index is 0.0203. The number of hydrogen-bond acceptors (Lipinski definition) is 4. The van der Waals surface area contributed by atoms with Crippen molar-refractivity contribution in [2.24, 2.45) is 0 Å². The Morgan fingerprint density at radius 2 is 1.83 bits per heavy atom. The predicted molar refractivity (Wildman–Crippen MR) is 120 cm³/mol. The number of amides is 2. The molecule has 0 aliphatic carbocycles. The van der Waals surface area contributed by atoms with Crippen molar-refractivity contribution in [3.63, 3.8) is 0 Å². The normalized spacial score (nSPS) is 25.1. The largest absolute Gasteiger partial charge is 0.371 e. The molecular formula is C23H37N5O. The molecule has 0 bridgehead atoms. The summed E-state index contributed by atoms with van der Waals surface area (Å²) in [6, 6.07) is 10.6. The number of carbonyl (C=O) groups excluding carboxylic acids is 1. The summed E-state index contributed by atoms with van der Waals surface area (Å²) in [7, 11) is 0. The predicted octanol–water partition coefficient (Wildman–Crippen LogP) is 2.99. The molecule has 1 N–H and O–H groups in total. The molecule has 3 aliphatic heterocycles. The molecule has 3 fully saturated rings. The first kappa shape index (κ1) is 20.5. The fourth-order valence-corrected chi connectivity index (χ4v) is 5.33. The van der Waals surface area contributed by atoms with E-state index in [-0.39, 0.29) is 6.03 Å². The Hall–Kier alpha value is -1.79. The summed E-state index contributed by atoms with van der Waals surface area (Å²) >= 11 is 0. The molecule has 1 aromatic carbocycles. The first-order chi connectivity index (χ1) is 14.1. The molecule has 2 amide bonds. The highest BCUT2D eigenvalue weighted by molar-refractivity contribution is 5.94. The Morgan fingerprint density at radius 1 is 1.07 bits per heavy atom. The number of rotatable bonds is 5. The van der Waals surface area contributed by atoms with Gasteiger partial charge in [-0.3, -0.25) is 14.7 Å². The number of carbonyl (C=O) groups is 1. The molecule has 0 spiro atoms. The van der Waals surface area contributed by atoms with Crippen molar-refractivity contribution in [1.29, 1.82) is 0 Å². The Morgan fingerprint density at radius 3 is 2.48 bits per heavy atom. The third-order valence-electron chi connectivity index (χ3n) is 7.04. The van der Waals surface area contributed by atoms with Gasteiger partial charge in [-0.1, -0.05) is 13.0 Å². The lowest BCUT2D eigenvalue weighted by Gasteiger charge is -2.48. The van der Waals surface area contributed by atoms with Gasteiger partial charge < -0.3 is 10.2 Å². The van der Waals surface area contributed by atoms with Crippen molar-refractivity contribution in [3.05, 3.63) is 24.3 Å². The minimum absolute atomic E-state index is 0.0203. The highest BCUT2D eigenvalue weighted by Gasteiger charge is 2.32. The second kappa shape index (κ2) is 8.92. The molecule has 0 aromatic heterocycles. The van der Waals surface area contributed by atoms with Crippen LogP contribution in [0.5, 0.6) is 0 Å². The van der Waals surface area contributed by atoms with Crippen molar-refractivity contribution in [3.8, 4) is 0 Å². The maximum atomic E-state index is 12.0. The maximum absolute atomic E-state index is 12.0. The van der Waals surface area contributed by atoms with E-state index in [2.05, 4.69) is 59.0 Å². The first-order valence-electron chi connectivity index (χ1n) is 11.5. The van der Waals surface area contributed by atoms with Gasteiger partial charge in [-0.2, -0.15) is 0 Å². The van der Waals surface area contributed by atoms with Gasteiger partial charge in [-0.05, 0) is 51.3 Å². The van der Waals surface area contributed by atoms with Crippen molar-refractivity contribution in [2.45, 2.75) is 58.2 Å². The molecule has 1 atom stereocenters. The summed E-state index contributed by atoms with van der Waals surface area (Å²) in [5.41, 5.74) is 2.26. The van der Waals surface area contributed by atoms with E-state index < -0.39 is 0 Å². The van der Waals surface area contributed by atoms with Crippen LogP contribution in [0.25, 0.3) is 0 Å². The van der Waals surface area contributed by atoms with Gasteiger partial charge in [0.2, 0.25) is 0 Å². The fourth-order valence-electron chi connectivity index (χ4n) is 5.33. The summed E-state index contributed by atoms with van der Waals surface area (Å²) in [4.78, 5) is 21.8. The summed E-state index contributed by atoms with van der Waals surface area (Å²) < 4.78 is 0. The van der Waals surface area contributed by atoms with Gasteiger partial charge in [0.05, 0.1) is 0 Å². The molecule has 3 aliphatic rings. The number of piperidine rings is 1. The van der Waals surface area contributed by atoms with Gasteiger partial charge in [0.25, 0.3) is 0 Å². The standard InChI is InChI=1S/C23H37N5O/c1-4-19-17-26(14-15-27(19)18(2)3)20-8-11-25(12-9-20)21-6-5-7-22(16-21)28-13-10-24-23(28)29/h5-7,16,18-20H,4,8-15,17H2,1-3H3,(H,24,29). The molecular weight excluding hydrogens is 362 g/mol. The monoisotopic (exact) mass is 399 g/mol. The Labute approximate surface area is 175 Å². The number of hydrogen-bond donors (Lipinski definition) is 1. The minimum Gasteiger partial charge on any atom is -0.371 e. The van der Waals surface area contributed by atoms with E-state index in [1.165, 1.54) is 44.6 Å². The summed E-state index contributed by atoms with van der Waals surface area (Å²) in [5, 5.41) is 2.89. The van der Waals surface area contributed by atoms with Crippen LogP contribution < -0.4 is 15.1 Å². The molecule has 6 heteroatoms. The number of piperazine rings is 1. The van der Waals surface area contributed by atoms with E-state index in [0.717, 1.165) is 31.9 Å². The Kier molecular flexibility index (Phi) is 6.30. The fraction of sp³-hybridized carbons (Fsp3) is 0.696. The number of nitrogens with zero attached hydrogens (tertiary/aromatic N) is 4. The molecule has 0 saturated carbocycles. The van der Waals surface area contributed by atoms with Crippen LogP contribution in [0.4, 0.5) is 16.2 Å².